The Hall–Kier alpha value is -2.62. The largest absolute Gasteiger partial charge is 0.484 e. The van der Waals surface area contributed by atoms with E-state index < -0.39 is 0 Å². The number of likely N-dealkylation sites (tertiary alicyclic amines) is 1. The van der Waals surface area contributed by atoms with Crippen LogP contribution in [0.15, 0.2) is 42.5 Å². The minimum absolute atomic E-state index is 0.00497. The molecular formula is C23H27NO3. The number of hydrogen-bond donors (Lipinski definition) is 0. The van der Waals surface area contributed by atoms with Gasteiger partial charge in [0.25, 0.3) is 5.91 Å². The summed E-state index contributed by atoms with van der Waals surface area (Å²) in [5, 5.41) is 0. The first-order chi connectivity index (χ1) is 13.0. The second kappa shape index (κ2) is 8.38. The summed E-state index contributed by atoms with van der Waals surface area (Å²) in [5.41, 5.74) is 4.33. The molecule has 0 spiro atoms. The van der Waals surface area contributed by atoms with Crippen LogP contribution in [0.3, 0.4) is 0 Å². The number of Topliss-reactive ketones (excluding diaryl/α,β-unsaturated/α-hetero) is 1. The molecule has 0 bridgehead atoms. The van der Waals surface area contributed by atoms with E-state index in [4.69, 9.17) is 4.74 Å². The monoisotopic (exact) mass is 365 g/mol. The maximum absolute atomic E-state index is 12.7. The standard InChI is InChI=1S/C23H27NO3/c1-4-22(25)18-7-9-20(10-8-18)27-15-23(26)24-11-5-6-21(24)19-13-16(2)12-17(3)14-19/h7-10,12-14,21H,4-6,11,15H2,1-3H3. The van der Waals surface area contributed by atoms with Crippen LogP contribution in [0, 0.1) is 13.8 Å². The van der Waals surface area contributed by atoms with Gasteiger partial charge in [-0.25, -0.2) is 0 Å². The van der Waals surface area contributed by atoms with Gasteiger partial charge in [-0.2, -0.15) is 0 Å². The molecule has 1 unspecified atom stereocenters. The second-order valence-electron chi connectivity index (χ2n) is 7.26. The number of ether oxygens (including phenoxy) is 1. The molecule has 0 radical (unpaired) electrons. The van der Waals surface area contributed by atoms with Crippen LogP contribution in [-0.2, 0) is 4.79 Å². The molecule has 1 aliphatic heterocycles. The molecule has 0 saturated carbocycles. The maximum atomic E-state index is 12.7. The third kappa shape index (κ3) is 4.57. The summed E-state index contributed by atoms with van der Waals surface area (Å²) in [6, 6.07) is 13.6. The Morgan fingerprint density at radius 1 is 1.07 bits per heavy atom. The Kier molecular flexibility index (Phi) is 5.94. The first kappa shape index (κ1) is 19.2. The highest BCUT2D eigenvalue weighted by Crippen LogP contribution is 2.33. The van der Waals surface area contributed by atoms with Crippen LogP contribution in [0.4, 0.5) is 0 Å². The van der Waals surface area contributed by atoms with E-state index in [1.54, 1.807) is 24.3 Å². The third-order valence-corrected chi connectivity index (χ3v) is 5.06. The highest BCUT2D eigenvalue weighted by molar-refractivity contribution is 5.95. The summed E-state index contributed by atoms with van der Waals surface area (Å²) in [6.07, 6.45) is 2.48. The topological polar surface area (TPSA) is 46.6 Å². The SMILES string of the molecule is CCC(=O)c1ccc(OCC(=O)N2CCCC2c2cc(C)cc(C)c2)cc1. The van der Waals surface area contributed by atoms with Crippen molar-refractivity contribution in [3.63, 3.8) is 0 Å². The van der Waals surface area contributed by atoms with Gasteiger partial charge in [-0.05, 0) is 56.5 Å². The van der Waals surface area contributed by atoms with Crippen molar-refractivity contribution in [1.82, 2.24) is 4.90 Å². The third-order valence-electron chi connectivity index (χ3n) is 5.06. The van der Waals surface area contributed by atoms with Crippen LogP contribution in [0.2, 0.25) is 0 Å². The van der Waals surface area contributed by atoms with Gasteiger partial charge in [-0.1, -0.05) is 36.2 Å². The highest BCUT2D eigenvalue weighted by atomic mass is 16.5. The smallest absolute Gasteiger partial charge is 0.261 e. The molecule has 0 N–H and O–H groups in total. The lowest BCUT2D eigenvalue weighted by molar-refractivity contribution is -0.134. The van der Waals surface area contributed by atoms with E-state index in [9.17, 15) is 9.59 Å². The van der Waals surface area contributed by atoms with E-state index in [0.29, 0.717) is 17.7 Å². The number of aryl methyl sites for hydroxylation is 2. The molecular weight excluding hydrogens is 338 g/mol. The van der Waals surface area contributed by atoms with Crippen molar-refractivity contribution >= 4 is 11.7 Å². The van der Waals surface area contributed by atoms with Crippen LogP contribution in [0.5, 0.6) is 5.75 Å². The second-order valence-corrected chi connectivity index (χ2v) is 7.26. The quantitative estimate of drug-likeness (QED) is 0.701. The van der Waals surface area contributed by atoms with Crippen LogP contribution in [0.25, 0.3) is 0 Å². The fourth-order valence-electron chi connectivity index (χ4n) is 3.78. The van der Waals surface area contributed by atoms with Crippen molar-refractivity contribution < 1.29 is 14.3 Å². The molecule has 4 nitrogen and oxygen atoms in total. The lowest BCUT2D eigenvalue weighted by Crippen LogP contribution is -2.34. The number of carbonyl (C=O) groups excluding carboxylic acids is 2. The Balaban J connectivity index is 1.64. The highest BCUT2D eigenvalue weighted by Gasteiger charge is 2.30. The predicted molar refractivity (Wildman–Crippen MR) is 106 cm³/mol. The predicted octanol–water partition coefficient (Wildman–Crippen LogP) is 4.64. The van der Waals surface area contributed by atoms with E-state index in [2.05, 4.69) is 32.0 Å². The summed E-state index contributed by atoms with van der Waals surface area (Å²) in [4.78, 5) is 26.4. The molecule has 1 fully saturated rings. The van der Waals surface area contributed by atoms with Gasteiger partial charge in [0.2, 0.25) is 0 Å². The Morgan fingerprint density at radius 2 is 1.74 bits per heavy atom. The maximum Gasteiger partial charge on any atom is 0.261 e. The van der Waals surface area contributed by atoms with Gasteiger partial charge in [0.05, 0.1) is 6.04 Å². The van der Waals surface area contributed by atoms with E-state index >= 15 is 0 Å². The van der Waals surface area contributed by atoms with Gasteiger partial charge in [0.15, 0.2) is 12.4 Å². The van der Waals surface area contributed by atoms with E-state index in [1.807, 2.05) is 11.8 Å². The zero-order valence-corrected chi connectivity index (χ0v) is 16.3. The van der Waals surface area contributed by atoms with Crippen molar-refractivity contribution in [1.29, 1.82) is 0 Å². The van der Waals surface area contributed by atoms with Crippen molar-refractivity contribution in [3.8, 4) is 5.75 Å². The number of nitrogens with zero attached hydrogens (tertiary/aromatic N) is 1. The molecule has 1 amide bonds. The summed E-state index contributed by atoms with van der Waals surface area (Å²) in [7, 11) is 0. The zero-order chi connectivity index (χ0) is 19.4. The molecule has 27 heavy (non-hydrogen) atoms. The molecule has 1 atom stereocenters. The Labute approximate surface area is 161 Å². The summed E-state index contributed by atoms with van der Waals surface area (Å²) in [5.74, 6) is 0.717. The lowest BCUT2D eigenvalue weighted by Gasteiger charge is -2.25. The number of amides is 1. The number of rotatable bonds is 6. The zero-order valence-electron chi connectivity index (χ0n) is 16.3. The van der Waals surface area contributed by atoms with Crippen LogP contribution < -0.4 is 4.74 Å². The molecule has 4 heteroatoms. The average Bonchev–Trinajstić information content (AvgIpc) is 3.15. The van der Waals surface area contributed by atoms with Gasteiger partial charge < -0.3 is 9.64 Å². The van der Waals surface area contributed by atoms with Crippen molar-refractivity contribution in [3.05, 3.63) is 64.7 Å². The number of carbonyl (C=O) groups is 2. The van der Waals surface area contributed by atoms with Crippen molar-refractivity contribution in [2.45, 2.75) is 46.1 Å². The Morgan fingerprint density at radius 3 is 2.37 bits per heavy atom. The van der Waals surface area contributed by atoms with E-state index in [0.717, 1.165) is 19.4 Å². The number of benzene rings is 2. The molecule has 1 heterocycles. The normalized spacial score (nSPS) is 16.4. The number of ketones is 1. The lowest BCUT2D eigenvalue weighted by atomic mass is 9.99. The first-order valence-electron chi connectivity index (χ1n) is 9.61. The first-order valence-corrected chi connectivity index (χ1v) is 9.61. The minimum atomic E-state index is 0.00497. The molecule has 142 valence electrons. The summed E-state index contributed by atoms with van der Waals surface area (Å²) in [6.45, 7) is 6.81. The molecule has 1 aliphatic rings. The van der Waals surface area contributed by atoms with Crippen LogP contribution in [-0.4, -0.2) is 29.7 Å². The van der Waals surface area contributed by atoms with Crippen molar-refractivity contribution in [2.75, 3.05) is 13.2 Å². The van der Waals surface area contributed by atoms with E-state index in [-0.39, 0.29) is 24.3 Å². The molecule has 0 aliphatic carbocycles. The van der Waals surface area contributed by atoms with Crippen LogP contribution >= 0.6 is 0 Å². The van der Waals surface area contributed by atoms with Gasteiger partial charge in [0, 0.05) is 18.5 Å². The van der Waals surface area contributed by atoms with Crippen molar-refractivity contribution in [2.24, 2.45) is 0 Å². The minimum Gasteiger partial charge on any atom is -0.484 e. The van der Waals surface area contributed by atoms with Gasteiger partial charge in [-0.15, -0.1) is 0 Å². The van der Waals surface area contributed by atoms with Crippen LogP contribution in [0.1, 0.15) is 59.3 Å². The fraction of sp³-hybridized carbons (Fsp3) is 0.391. The number of hydrogen-bond acceptors (Lipinski definition) is 3. The fourth-order valence-corrected chi connectivity index (χ4v) is 3.78. The van der Waals surface area contributed by atoms with Gasteiger partial charge in [0.1, 0.15) is 5.75 Å². The summed E-state index contributed by atoms with van der Waals surface area (Å²) >= 11 is 0. The summed E-state index contributed by atoms with van der Waals surface area (Å²) < 4.78 is 5.68. The van der Waals surface area contributed by atoms with Gasteiger partial charge in [-0.3, -0.25) is 9.59 Å². The average molecular weight is 365 g/mol. The molecule has 3 rings (SSSR count). The molecule has 2 aromatic rings. The van der Waals surface area contributed by atoms with Gasteiger partial charge >= 0.3 is 0 Å². The molecule has 0 aromatic heterocycles. The Bertz CT molecular complexity index is 806. The molecule has 2 aromatic carbocycles. The van der Waals surface area contributed by atoms with E-state index in [1.165, 1.54) is 16.7 Å². The molecule has 1 saturated heterocycles.